The van der Waals surface area contributed by atoms with Gasteiger partial charge in [-0.1, -0.05) is 0 Å². The number of piperidine rings is 1. The number of methoxy groups -OCH3 is 1. The van der Waals surface area contributed by atoms with Gasteiger partial charge in [-0.2, -0.15) is 0 Å². The molecule has 6 nitrogen and oxygen atoms in total. The van der Waals surface area contributed by atoms with Gasteiger partial charge in [0.1, 0.15) is 6.61 Å². The summed E-state index contributed by atoms with van der Waals surface area (Å²) >= 11 is 0. The normalized spacial score (nSPS) is 31.5. The lowest BCUT2D eigenvalue weighted by atomic mass is 9.85. The molecule has 2 aliphatic heterocycles. The second-order valence-corrected chi connectivity index (χ2v) is 6.79. The van der Waals surface area contributed by atoms with Crippen molar-refractivity contribution >= 4 is 11.8 Å². The molecule has 3 rings (SSSR count). The van der Waals surface area contributed by atoms with Gasteiger partial charge in [-0.05, 0) is 31.6 Å². The van der Waals surface area contributed by atoms with Crippen molar-refractivity contribution in [3.05, 3.63) is 0 Å². The number of fused-ring (bicyclic) bond motifs is 1. The molecule has 0 radical (unpaired) electrons. The van der Waals surface area contributed by atoms with Crippen LogP contribution in [0.25, 0.3) is 0 Å². The average molecular weight is 310 g/mol. The quantitative estimate of drug-likeness (QED) is 0.805. The van der Waals surface area contributed by atoms with Gasteiger partial charge in [0.2, 0.25) is 11.8 Å². The molecule has 22 heavy (non-hydrogen) atoms. The van der Waals surface area contributed by atoms with Crippen LogP contribution in [0.1, 0.15) is 32.1 Å². The molecule has 1 aliphatic carbocycles. The van der Waals surface area contributed by atoms with Crippen molar-refractivity contribution in [1.82, 2.24) is 10.2 Å². The van der Waals surface area contributed by atoms with E-state index in [0.29, 0.717) is 31.3 Å². The first kappa shape index (κ1) is 15.7. The number of nitrogens with one attached hydrogen (secondary N) is 1. The van der Waals surface area contributed by atoms with Crippen molar-refractivity contribution in [3.8, 4) is 0 Å². The Hall–Kier alpha value is -1.14. The third-order valence-electron chi connectivity index (χ3n) is 4.90. The summed E-state index contributed by atoms with van der Waals surface area (Å²) in [6.07, 6.45) is 5.06. The van der Waals surface area contributed by atoms with E-state index in [1.165, 1.54) is 20.0 Å². The van der Waals surface area contributed by atoms with Crippen molar-refractivity contribution in [1.29, 1.82) is 0 Å². The molecule has 0 aromatic rings. The minimum absolute atomic E-state index is 0.00651. The number of likely N-dealkylation sites (tertiary alicyclic amines) is 1. The predicted molar refractivity (Wildman–Crippen MR) is 80.2 cm³/mol. The third kappa shape index (κ3) is 3.79. The highest BCUT2D eigenvalue weighted by Gasteiger charge is 2.41. The zero-order valence-electron chi connectivity index (χ0n) is 13.3. The van der Waals surface area contributed by atoms with Crippen LogP contribution in [0, 0.1) is 11.8 Å². The van der Waals surface area contributed by atoms with Gasteiger partial charge in [-0.15, -0.1) is 0 Å². The zero-order valence-corrected chi connectivity index (χ0v) is 13.3. The summed E-state index contributed by atoms with van der Waals surface area (Å²) in [4.78, 5) is 26.1. The number of carbonyl (C=O) groups is 2. The van der Waals surface area contributed by atoms with Gasteiger partial charge >= 0.3 is 0 Å². The fourth-order valence-corrected chi connectivity index (χ4v) is 3.60. The van der Waals surface area contributed by atoms with Crippen LogP contribution < -0.4 is 5.32 Å². The maximum absolute atomic E-state index is 12.1. The second kappa shape index (κ2) is 6.96. The first-order valence-electron chi connectivity index (χ1n) is 8.35. The van der Waals surface area contributed by atoms with Crippen LogP contribution in [0.5, 0.6) is 0 Å². The molecule has 2 heterocycles. The average Bonchev–Trinajstić information content (AvgIpc) is 3.31. The number of rotatable bonds is 5. The summed E-state index contributed by atoms with van der Waals surface area (Å²) in [5.74, 6) is 0.974. The topological polar surface area (TPSA) is 67.9 Å². The Morgan fingerprint density at radius 1 is 1.27 bits per heavy atom. The fraction of sp³-hybridized carbons (Fsp3) is 0.875. The molecule has 3 aliphatic rings. The Morgan fingerprint density at radius 2 is 2.09 bits per heavy atom. The summed E-state index contributed by atoms with van der Waals surface area (Å²) in [5, 5.41) is 3.12. The molecule has 6 heteroatoms. The van der Waals surface area contributed by atoms with Gasteiger partial charge in [-0.3, -0.25) is 9.59 Å². The van der Waals surface area contributed by atoms with E-state index in [1.54, 1.807) is 0 Å². The standard InChI is InChI=1S/C16H26N2O4/c1-21-10-15(20)18-8-12-3-2-6-22-16(12)13(9-18)17-14(19)7-11-4-5-11/h11-13,16H,2-10H2,1H3,(H,17,19)/t12-,13+,16-/m0/s1. The lowest BCUT2D eigenvalue weighted by molar-refractivity contribution is -0.147. The molecule has 0 bridgehead atoms. The molecule has 3 atom stereocenters. The first-order chi connectivity index (χ1) is 10.7. The Kier molecular flexibility index (Phi) is 4.98. The molecule has 1 saturated carbocycles. The van der Waals surface area contributed by atoms with Crippen LogP contribution in [-0.2, 0) is 19.1 Å². The summed E-state index contributed by atoms with van der Waals surface area (Å²) in [7, 11) is 1.53. The van der Waals surface area contributed by atoms with E-state index in [2.05, 4.69) is 5.32 Å². The van der Waals surface area contributed by atoms with E-state index in [-0.39, 0.29) is 30.6 Å². The minimum atomic E-state index is -0.0916. The zero-order chi connectivity index (χ0) is 15.5. The largest absolute Gasteiger partial charge is 0.376 e. The monoisotopic (exact) mass is 310 g/mol. The number of hydrogen-bond donors (Lipinski definition) is 1. The SMILES string of the molecule is COCC(=O)N1C[C@@H]2CCCO[C@@H]2[C@H](NC(=O)CC2CC2)C1. The summed E-state index contributed by atoms with van der Waals surface area (Å²) in [5.41, 5.74) is 0. The molecule has 1 N–H and O–H groups in total. The Balaban J connectivity index is 1.63. The highest BCUT2D eigenvalue weighted by Crippen LogP contribution is 2.33. The fourth-order valence-electron chi connectivity index (χ4n) is 3.60. The molecule has 0 aromatic carbocycles. The van der Waals surface area contributed by atoms with Gasteiger partial charge in [-0.25, -0.2) is 0 Å². The van der Waals surface area contributed by atoms with Crippen molar-refractivity contribution in [2.45, 2.75) is 44.2 Å². The number of nitrogens with zero attached hydrogens (tertiary/aromatic N) is 1. The highest BCUT2D eigenvalue weighted by atomic mass is 16.5. The van der Waals surface area contributed by atoms with E-state index in [1.807, 2.05) is 4.90 Å². The number of carbonyl (C=O) groups excluding carboxylic acids is 2. The van der Waals surface area contributed by atoms with E-state index in [9.17, 15) is 9.59 Å². The Bertz CT molecular complexity index is 424. The molecule has 3 fully saturated rings. The van der Waals surface area contributed by atoms with Crippen molar-refractivity contribution < 1.29 is 19.1 Å². The van der Waals surface area contributed by atoms with Gasteiger partial charge in [0.05, 0.1) is 12.1 Å². The van der Waals surface area contributed by atoms with Gasteiger partial charge in [0.25, 0.3) is 0 Å². The van der Waals surface area contributed by atoms with E-state index >= 15 is 0 Å². The predicted octanol–water partition coefficient (Wildman–Crippen LogP) is 0.555. The van der Waals surface area contributed by atoms with Gasteiger partial charge in [0, 0.05) is 39.1 Å². The summed E-state index contributed by atoms with van der Waals surface area (Å²) in [6.45, 7) is 2.09. The molecule has 124 valence electrons. The smallest absolute Gasteiger partial charge is 0.248 e. The number of amides is 2. The molecule has 0 spiro atoms. The first-order valence-corrected chi connectivity index (χ1v) is 8.35. The van der Waals surface area contributed by atoms with Crippen LogP contribution in [0.3, 0.4) is 0 Å². The Labute approximate surface area is 131 Å². The van der Waals surface area contributed by atoms with E-state index < -0.39 is 0 Å². The van der Waals surface area contributed by atoms with Crippen LogP contribution in [-0.4, -0.2) is 62.3 Å². The van der Waals surface area contributed by atoms with E-state index in [0.717, 1.165) is 19.4 Å². The van der Waals surface area contributed by atoms with Crippen LogP contribution >= 0.6 is 0 Å². The van der Waals surface area contributed by atoms with Gasteiger partial charge < -0.3 is 19.7 Å². The molecule has 0 aromatic heterocycles. The van der Waals surface area contributed by atoms with Gasteiger partial charge in [0.15, 0.2) is 0 Å². The molecular formula is C16H26N2O4. The van der Waals surface area contributed by atoms with Crippen LogP contribution in [0.2, 0.25) is 0 Å². The maximum Gasteiger partial charge on any atom is 0.248 e. The molecule has 0 unspecified atom stereocenters. The second-order valence-electron chi connectivity index (χ2n) is 6.79. The third-order valence-corrected chi connectivity index (χ3v) is 4.90. The molecular weight excluding hydrogens is 284 g/mol. The number of ether oxygens (including phenoxy) is 2. The molecule has 2 amide bonds. The highest BCUT2D eigenvalue weighted by molar-refractivity contribution is 5.79. The summed E-state index contributed by atoms with van der Waals surface area (Å²) in [6, 6.07) is -0.0916. The van der Waals surface area contributed by atoms with Crippen molar-refractivity contribution in [2.75, 3.05) is 33.4 Å². The van der Waals surface area contributed by atoms with E-state index in [4.69, 9.17) is 9.47 Å². The maximum atomic E-state index is 12.1. The van der Waals surface area contributed by atoms with Crippen molar-refractivity contribution in [3.63, 3.8) is 0 Å². The Morgan fingerprint density at radius 3 is 2.82 bits per heavy atom. The lowest BCUT2D eigenvalue weighted by Gasteiger charge is -2.46. The lowest BCUT2D eigenvalue weighted by Crippen LogP contribution is -2.62. The summed E-state index contributed by atoms with van der Waals surface area (Å²) < 4.78 is 10.9. The van der Waals surface area contributed by atoms with Crippen LogP contribution in [0.4, 0.5) is 0 Å². The number of hydrogen-bond acceptors (Lipinski definition) is 4. The molecule has 2 saturated heterocycles. The minimum Gasteiger partial charge on any atom is -0.376 e. The van der Waals surface area contributed by atoms with Crippen LogP contribution in [0.15, 0.2) is 0 Å². The van der Waals surface area contributed by atoms with Crippen molar-refractivity contribution in [2.24, 2.45) is 11.8 Å².